The lowest BCUT2D eigenvalue weighted by Crippen LogP contribution is -2.35. The average Bonchev–Trinajstić information content (AvgIpc) is 3.26. The fraction of sp³-hybridized carbons (Fsp3) is 0.240. The number of hydrogen-bond donors (Lipinski definition) is 1. The van der Waals surface area contributed by atoms with E-state index in [0.29, 0.717) is 34.4 Å². The number of rotatable bonds is 8. The molecule has 0 spiro atoms. The molecule has 1 N–H and O–H groups in total. The van der Waals surface area contributed by atoms with E-state index in [1.54, 1.807) is 48.5 Å². The highest BCUT2D eigenvalue weighted by Crippen LogP contribution is 2.33. The summed E-state index contributed by atoms with van der Waals surface area (Å²) in [4.78, 5) is 29.4. The predicted molar refractivity (Wildman–Crippen MR) is 135 cm³/mol. The maximum absolute atomic E-state index is 12.7. The highest BCUT2D eigenvalue weighted by atomic mass is 32.2. The van der Waals surface area contributed by atoms with Crippen LogP contribution >= 0.6 is 11.8 Å². The van der Waals surface area contributed by atoms with Gasteiger partial charge in [0.05, 0.1) is 24.9 Å². The molecule has 0 radical (unpaired) electrons. The Balaban J connectivity index is 1.59. The Kier molecular flexibility index (Phi) is 7.31. The largest absolute Gasteiger partial charge is 0.497 e. The first-order valence-corrected chi connectivity index (χ1v) is 11.9. The molecular formula is C25H24N4O5S. The lowest BCUT2D eigenvalue weighted by Gasteiger charge is -2.20. The molecule has 9 nitrogen and oxygen atoms in total. The normalized spacial score (nSPS) is 16.1. The monoisotopic (exact) mass is 492 g/mol. The number of hydrazone groups is 1. The summed E-state index contributed by atoms with van der Waals surface area (Å²) in [6.07, 6.45) is 3.22. The Morgan fingerprint density at radius 3 is 2.74 bits per heavy atom. The molecule has 2 aromatic rings. The first-order valence-electron chi connectivity index (χ1n) is 11.1. The number of thioether (sulfide) groups is 1. The number of carbonyl (C=O) groups is 2. The van der Waals surface area contributed by atoms with Crippen LogP contribution in [0.3, 0.4) is 0 Å². The number of amidine groups is 2. The van der Waals surface area contributed by atoms with Crippen molar-refractivity contribution in [3.05, 3.63) is 59.2 Å². The molecule has 0 aliphatic carbocycles. The van der Waals surface area contributed by atoms with Crippen molar-refractivity contribution in [3.8, 4) is 17.2 Å². The summed E-state index contributed by atoms with van der Waals surface area (Å²) in [7, 11) is 1.52. The number of ether oxygens (including phenoxy) is 3. The van der Waals surface area contributed by atoms with Crippen molar-refractivity contribution in [2.24, 2.45) is 10.1 Å². The van der Waals surface area contributed by atoms with E-state index in [-0.39, 0.29) is 17.2 Å². The Hall–Kier alpha value is -3.92. The number of nitrogens with one attached hydrogen (secondary N) is 1. The summed E-state index contributed by atoms with van der Waals surface area (Å²) in [6.45, 7) is 4.19. The maximum Gasteiger partial charge on any atom is 0.343 e. The summed E-state index contributed by atoms with van der Waals surface area (Å²) >= 11 is 1.31. The molecule has 0 bridgehead atoms. The lowest BCUT2D eigenvalue weighted by molar-refractivity contribution is -0.114. The summed E-state index contributed by atoms with van der Waals surface area (Å²) in [5.74, 6) is 0.000944. The molecule has 180 valence electrons. The van der Waals surface area contributed by atoms with E-state index in [9.17, 15) is 9.59 Å². The van der Waals surface area contributed by atoms with Crippen molar-refractivity contribution in [2.45, 2.75) is 26.7 Å². The van der Waals surface area contributed by atoms with Crippen LogP contribution in [-0.4, -0.2) is 46.6 Å². The quantitative estimate of drug-likeness (QED) is 0.322. The van der Waals surface area contributed by atoms with Gasteiger partial charge in [-0.15, -0.1) is 0 Å². The highest BCUT2D eigenvalue weighted by molar-refractivity contribution is 8.26. The molecule has 2 heterocycles. The topological polar surface area (TPSA) is 114 Å². The molecule has 2 aromatic carbocycles. The third-order valence-corrected chi connectivity index (χ3v) is 6.02. The molecule has 0 aromatic heterocycles. The molecule has 2 aliphatic rings. The third kappa shape index (κ3) is 5.27. The molecule has 0 saturated carbocycles. The van der Waals surface area contributed by atoms with Crippen LogP contribution in [0.25, 0.3) is 6.08 Å². The number of esters is 1. The van der Waals surface area contributed by atoms with Gasteiger partial charge in [0.25, 0.3) is 5.91 Å². The number of fused-ring (bicyclic) bond motifs is 1. The van der Waals surface area contributed by atoms with Gasteiger partial charge < -0.3 is 14.2 Å². The van der Waals surface area contributed by atoms with Crippen LogP contribution in [-0.2, 0) is 4.79 Å². The number of amides is 1. The van der Waals surface area contributed by atoms with Gasteiger partial charge in [-0.25, -0.2) is 4.79 Å². The van der Waals surface area contributed by atoms with E-state index in [1.165, 1.54) is 23.9 Å². The van der Waals surface area contributed by atoms with Gasteiger partial charge in [0.1, 0.15) is 10.8 Å². The number of benzene rings is 2. The standard InChI is InChI=1S/C25H24N4O5S/c1-4-7-21-28-29-22(26)18(23(30)27-25(29)35-21)12-15-10-11-19(20(13-15)33-5-2)34-24(31)16-8-6-9-17(14-16)32-3/h6,8-14,26H,4-5,7H2,1-3H3/b18-12-,26-22?. The van der Waals surface area contributed by atoms with Gasteiger partial charge in [0, 0.05) is 0 Å². The minimum Gasteiger partial charge on any atom is -0.497 e. The van der Waals surface area contributed by atoms with Crippen LogP contribution in [0.1, 0.15) is 42.6 Å². The van der Waals surface area contributed by atoms with Crippen LogP contribution < -0.4 is 14.2 Å². The smallest absolute Gasteiger partial charge is 0.343 e. The Labute approximate surface area is 207 Å². The van der Waals surface area contributed by atoms with Crippen molar-refractivity contribution in [1.82, 2.24) is 5.01 Å². The first kappa shape index (κ1) is 24.2. The third-order valence-electron chi connectivity index (χ3n) is 5.05. The van der Waals surface area contributed by atoms with E-state index in [2.05, 4.69) is 10.1 Å². The van der Waals surface area contributed by atoms with E-state index in [4.69, 9.17) is 19.6 Å². The second kappa shape index (κ2) is 10.6. The second-order valence-electron chi connectivity index (χ2n) is 7.52. The Morgan fingerprint density at radius 2 is 2.00 bits per heavy atom. The SMILES string of the molecule is CCCC1=NN2C(=N)/C(=C/c3ccc(OC(=O)c4cccc(OC)c4)c(OCC)c3)C(=O)N=C2S1. The molecule has 0 saturated heterocycles. The van der Waals surface area contributed by atoms with Gasteiger partial charge in [0.15, 0.2) is 17.3 Å². The van der Waals surface area contributed by atoms with Crippen LogP contribution in [0, 0.1) is 5.41 Å². The van der Waals surface area contributed by atoms with Crippen molar-refractivity contribution in [1.29, 1.82) is 5.41 Å². The van der Waals surface area contributed by atoms with E-state index >= 15 is 0 Å². The number of methoxy groups -OCH3 is 1. The average molecular weight is 493 g/mol. The predicted octanol–water partition coefficient (Wildman–Crippen LogP) is 4.73. The van der Waals surface area contributed by atoms with Gasteiger partial charge in [-0.2, -0.15) is 15.1 Å². The summed E-state index contributed by atoms with van der Waals surface area (Å²) in [5, 5.41) is 15.5. The summed E-state index contributed by atoms with van der Waals surface area (Å²) in [6, 6.07) is 11.6. The van der Waals surface area contributed by atoms with Gasteiger partial charge >= 0.3 is 5.97 Å². The number of hydrogen-bond acceptors (Lipinski definition) is 8. The van der Waals surface area contributed by atoms with Crippen LogP contribution in [0.15, 0.2) is 58.1 Å². The fourth-order valence-corrected chi connectivity index (χ4v) is 4.38. The number of nitrogens with zero attached hydrogens (tertiary/aromatic N) is 3. The van der Waals surface area contributed by atoms with Gasteiger partial charge in [-0.3, -0.25) is 10.2 Å². The van der Waals surface area contributed by atoms with Crippen molar-refractivity contribution in [2.75, 3.05) is 13.7 Å². The van der Waals surface area contributed by atoms with Crippen molar-refractivity contribution >= 4 is 45.8 Å². The zero-order valence-corrected chi connectivity index (χ0v) is 20.3. The van der Waals surface area contributed by atoms with E-state index < -0.39 is 11.9 Å². The van der Waals surface area contributed by atoms with Gasteiger partial charge in [-0.05, 0) is 73.5 Å². The molecular weight excluding hydrogens is 468 g/mol. The Bertz CT molecular complexity index is 1280. The zero-order valence-electron chi connectivity index (χ0n) is 19.5. The van der Waals surface area contributed by atoms with Crippen LogP contribution in [0.2, 0.25) is 0 Å². The number of aliphatic imine (C=N–C) groups is 1. The minimum atomic E-state index is -0.561. The van der Waals surface area contributed by atoms with Gasteiger partial charge in [-0.1, -0.05) is 19.1 Å². The lowest BCUT2D eigenvalue weighted by atomic mass is 10.1. The summed E-state index contributed by atoms with van der Waals surface area (Å²) < 4.78 is 16.4. The second-order valence-corrected chi connectivity index (χ2v) is 8.56. The minimum absolute atomic E-state index is 0.0370. The molecule has 1 amide bonds. The Morgan fingerprint density at radius 1 is 1.17 bits per heavy atom. The maximum atomic E-state index is 12.7. The van der Waals surface area contributed by atoms with Gasteiger partial charge in [0.2, 0.25) is 5.17 Å². The molecule has 10 heteroatoms. The van der Waals surface area contributed by atoms with E-state index in [1.807, 2.05) is 13.8 Å². The number of carbonyl (C=O) groups excluding carboxylic acids is 2. The first-order chi connectivity index (χ1) is 16.9. The van der Waals surface area contributed by atoms with E-state index in [0.717, 1.165) is 17.9 Å². The fourth-order valence-electron chi connectivity index (χ4n) is 3.39. The molecule has 35 heavy (non-hydrogen) atoms. The molecule has 2 aliphatic heterocycles. The van der Waals surface area contributed by atoms with Crippen LogP contribution in [0.4, 0.5) is 0 Å². The highest BCUT2D eigenvalue weighted by Gasteiger charge is 2.35. The van der Waals surface area contributed by atoms with Crippen molar-refractivity contribution in [3.63, 3.8) is 0 Å². The van der Waals surface area contributed by atoms with Crippen LogP contribution in [0.5, 0.6) is 17.2 Å². The molecule has 0 unspecified atom stereocenters. The summed E-state index contributed by atoms with van der Waals surface area (Å²) in [5.41, 5.74) is 1.03. The molecule has 0 atom stereocenters. The van der Waals surface area contributed by atoms with Crippen molar-refractivity contribution < 1.29 is 23.8 Å². The molecule has 4 rings (SSSR count). The molecule has 0 fully saturated rings. The zero-order chi connectivity index (χ0) is 24.9.